The summed E-state index contributed by atoms with van der Waals surface area (Å²) < 4.78 is 0. The van der Waals surface area contributed by atoms with Gasteiger partial charge >= 0.3 is 0 Å². The Morgan fingerprint density at radius 1 is 1.22 bits per heavy atom. The molecule has 0 spiro atoms. The number of aliphatic hydroxyl groups is 1. The van der Waals surface area contributed by atoms with Crippen molar-refractivity contribution in [2.24, 2.45) is 17.8 Å². The fourth-order valence-electron chi connectivity index (χ4n) is 3.89. The van der Waals surface area contributed by atoms with E-state index in [2.05, 4.69) is 25.7 Å². The average Bonchev–Trinajstić information content (AvgIpc) is 2.39. The summed E-state index contributed by atoms with van der Waals surface area (Å²) in [6.07, 6.45) is 7.40. The fraction of sp³-hybridized carbons (Fsp3) is 1.00. The lowest BCUT2D eigenvalue weighted by atomic mass is 9.76. The number of aliphatic hydroxyl groups excluding tert-OH is 1. The van der Waals surface area contributed by atoms with Crippen LogP contribution in [0.5, 0.6) is 0 Å². The van der Waals surface area contributed by atoms with Crippen LogP contribution in [0.15, 0.2) is 0 Å². The van der Waals surface area contributed by atoms with Crippen molar-refractivity contribution in [2.45, 2.75) is 71.4 Å². The molecule has 0 aromatic carbocycles. The normalized spacial score (nSPS) is 39.2. The Labute approximate surface area is 113 Å². The van der Waals surface area contributed by atoms with Gasteiger partial charge in [0, 0.05) is 12.6 Å². The van der Waals surface area contributed by atoms with Crippen molar-refractivity contribution >= 4 is 0 Å². The van der Waals surface area contributed by atoms with Crippen LogP contribution in [0, 0.1) is 17.8 Å². The van der Waals surface area contributed by atoms with E-state index in [-0.39, 0.29) is 6.10 Å². The molecule has 2 heteroatoms. The molecule has 4 atom stereocenters. The molecular formula is C16H31NO. The van der Waals surface area contributed by atoms with Gasteiger partial charge in [-0.2, -0.15) is 0 Å². The van der Waals surface area contributed by atoms with E-state index < -0.39 is 0 Å². The predicted octanol–water partition coefficient (Wildman–Crippen LogP) is 3.29. The molecule has 1 N–H and O–H groups in total. The zero-order chi connectivity index (χ0) is 13.1. The minimum atomic E-state index is -0.0735. The standard InChI is InChI=1S/C16H31NO/c1-4-13-6-5-9-17(11-13)15-10-14(12(2)3)7-8-16(15)18/h12-16,18H,4-11H2,1-3H3. The molecular weight excluding hydrogens is 222 g/mol. The van der Waals surface area contributed by atoms with Crippen LogP contribution in [-0.2, 0) is 0 Å². The predicted molar refractivity (Wildman–Crippen MR) is 76.6 cm³/mol. The first kappa shape index (κ1) is 14.3. The van der Waals surface area contributed by atoms with Gasteiger partial charge in [-0.15, -0.1) is 0 Å². The molecule has 2 nitrogen and oxygen atoms in total. The van der Waals surface area contributed by atoms with Gasteiger partial charge in [0.05, 0.1) is 6.10 Å². The van der Waals surface area contributed by atoms with Gasteiger partial charge in [0.25, 0.3) is 0 Å². The molecule has 18 heavy (non-hydrogen) atoms. The molecule has 1 saturated heterocycles. The molecule has 1 heterocycles. The average molecular weight is 253 g/mol. The van der Waals surface area contributed by atoms with Crippen molar-refractivity contribution in [3.63, 3.8) is 0 Å². The van der Waals surface area contributed by atoms with Gasteiger partial charge in [0.15, 0.2) is 0 Å². The summed E-state index contributed by atoms with van der Waals surface area (Å²) in [5.74, 6) is 2.46. The molecule has 0 aromatic rings. The van der Waals surface area contributed by atoms with Gasteiger partial charge in [0.1, 0.15) is 0 Å². The molecule has 2 fully saturated rings. The Morgan fingerprint density at radius 2 is 2.00 bits per heavy atom. The summed E-state index contributed by atoms with van der Waals surface area (Å²) in [5.41, 5.74) is 0. The molecule has 4 unspecified atom stereocenters. The monoisotopic (exact) mass is 253 g/mol. The van der Waals surface area contributed by atoms with Crippen LogP contribution in [0.3, 0.4) is 0 Å². The van der Waals surface area contributed by atoms with Gasteiger partial charge in [-0.1, -0.05) is 27.2 Å². The van der Waals surface area contributed by atoms with Crippen LogP contribution in [0.2, 0.25) is 0 Å². The summed E-state index contributed by atoms with van der Waals surface area (Å²) in [5, 5.41) is 10.3. The number of hydrogen-bond donors (Lipinski definition) is 1. The van der Waals surface area contributed by atoms with E-state index in [4.69, 9.17) is 0 Å². The highest BCUT2D eigenvalue weighted by Gasteiger charge is 2.35. The molecule has 2 aliphatic rings. The highest BCUT2D eigenvalue weighted by Crippen LogP contribution is 2.34. The molecule has 1 saturated carbocycles. The Balaban J connectivity index is 1.96. The minimum Gasteiger partial charge on any atom is -0.391 e. The summed E-state index contributed by atoms with van der Waals surface area (Å²) in [6.45, 7) is 9.42. The maximum Gasteiger partial charge on any atom is 0.0695 e. The van der Waals surface area contributed by atoms with Crippen molar-refractivity contribution in [3.05, 3.63) is 0 Å². The minimum absolute atomic E-state index is 0.0735. The second-order valence-corrected chi connectivity index (χ2v) is 6.86. The number of nitrogens with zero attached hydrogens (tertiary/aromatic N) is 1. The van der Waals surface area contributed by atoms with Crippen molar-refractivity contribution in [2.75, 3.05) is 13.1 Å². The molecule has 0 aromatic heterocycles. The van der Waals surface area contributed by atoms with Crippen molar-refractivity contribution < 1.29 is 5.11 Å². The lowest BCUT2D eigenvalue weighted by molar-refractivity contribution is -0.0209. The van der Waals surface area contributed by atoms with Crippen molar-refractivity contribution in [3.8, 4) is 0 Å². The third-order valence-electron chi connectivity index (χ3n) is 5.36. The molecule has 2 rings (SSSR count). The Bertz CT molecular complexity index is 253. The van der Waals surface area contributed by atoms with Crippen LogP contribution in [0.1, 0.15) is 59.3 Å². The van der Waals surface area contributed by atoms with Gasteiger partial charge < -0.3 is 5.11 Å². The number of piperidine rings is 1. The van der Waals surface area contributed by atoms with Crippen molar-refractivity contribution in [1.82, 2.24) is 4.90 Å². The summed E-state index contributed by atoms with van der Waals surface area (Å²) >= 11 is 0. The highest BCUT2D eigenvalue weighted by atomic mass is 16.3. The second-order valence-electron chi connectivity index (χ2n) is 6.86. The van der Waals surface area contributed by atoms with Crippen LogP contribution >= 0.6 is 0 Å². The lowest BCUT2D eigenvalue weighted by Crippen LogP contribution is -2.51. The molecule has 0 amide bonds. The third kappa shape index (κ3) is 3.27. The topological polar surface area (TPSA) is 23.5 Å². The summed E-state index contributed by atoms with van der Waals surface area (Å²) in [6, 6.07) is 0.445. The first-order valence-corrected chi connectivity index (χ1v) is 8.04. The van der Waals surface area contributed by atoms with Crippen LogP contribution < -0.4 is 0 Å². The third-order valence-corrected chi connectivity index (χ3v) is 5.36. The van der Waals surface area contributed by atoms with Crippen LogP contribution in [0.4, 0.5) is 0 Å². The molecule has 0 radical (unpaired) electrons. The molecule has 1 aliphatic carbocycles. The molecule has 1 aliphatic heterocycles. The van der Waals surface area contributed by atoms with E-state index in [0.29, 0.717) is 6.04 Å². The Morgan fingerprint density at radius 3 is 2.67 bits per heavy atom. The van der Waals surface area contributed by atoms with E-state index in [1.807, 2.05) is 0 Å². The Kier molecular flexibility index (Phi) is 5.08. The SMILES string of the molecule is CCC1CCCN(C2CC(C(C)C)CCC2O)C1. The van der Waals surface area contributed by atoms with Crippen molar-refractivity contribution in [1.29, 1.82) is 0 Å². The number of likely N-dealkylation sites (tertiary alicyclic amines) is 1. The smallest absolute Gasteiger partial charge is 0.0695 e. The van der Waals surface area contributed by atoms with Gasteiger partial charge in [0.2, 0.25) is 0 Å². The van der Waals surface area contributed by atoms with E-state index in [1.54, 1.807) is 0 Å². The maximum atomic E-state index is 10.3. The Hall–Kier alpha value is -0.0800. The summed E-state index contributed by atoms with van der Waals surface area (Å²) in [7, 11) is 0. The van der Waals surface area contributed by atoms with Gasteiger partial charge in [-0.05, 0) is 56.4 Å². The van der Waals surface area contributed by atoms with Crippen LogP contribution in [-0.4, -0.2) is 35.2 Å². The largest absolute Gasteiger partial charge is 0.391 e. The fourth-order valence-corrected chi connectivity index (χ4v) is 3.89. The van der Waals surface area contributed by atoms with E-state index in [1.165, 1.54) is 45.2 Å². The zero-order valence-electron chi connectivity index (χ0n) is 12.4. The quantitative estimate of drug-likeness (QED) is 0.834. The number of rotatable bonds is 3. The first-order valence-electron chi connectivity index (χ1n) is 8.04. The van der Waals surface area contributed by atoms with E-state index in [0.717, 1.165) is 24.2 Å². The lowest BCUT2D eigenvalue weighted by Gasteiger charge is -2.45. The number of hydrogen-bond acceptors (Lipinski definition) is 2. The maximum absolute atomic E-state index is 10.3. The summed E-state index contributed by atoms with van der Waals surface area (Å²) in [4.78, 5) is 2.61. The van der Waals surface area contributed by atoms with Gasteiger partial charge in [-0.25, -0.2) is 0 Å². The van der Waals surface area contributed by atoms with E-state index in [9.17, 15) is 5.11 Å². The second kappa shape index (κ2) is 6.38. The van der Waals surface area contributed by atoms with E-state index >= 15 is 0 Å². The van der Waals surface area contributed by atoms with Gasteiger partial charge in [-0.3, -0.25) is 4.90 Å². The molecule has 0 bridgehead atoms. The molecule has 106 valence electrons. The first-order chi connectivity index (χ1) is 8.61. The zero-order valence-corrected chi connectivity index (χ0v) is 12.4. The van der Waals surface area contributed by atoms with Crippen LogP contribution in [0.25, 0.3) is 0 Å². The highest BCUT2D eigenvalue weighted by molar-refractivity contribution is 4.89.